The molecular weight excluding hydrogens is 484 g/mol. The smallest absolute Gasteiger partial charge is 0.323 e. The normalized spacial score (nSPS) is 19.1. The fourth-order valence-electron chi connectivity index (χ4n) is 5.39. The number of carbonyl (C=O) groups is 3. The third-order valence-electron chi connectivity index (χ3n) is 7.70. The molecule has 206 valence electrons. The predicted octanol–water partition coefficient (Wildman–Crippen LogP) is 5.38. The Bertz CT molecular complexity index is 966. The van der Waals surface area contributed by atoms with Crippen molar-refractivity contribution in [2.75, 3.05) is 7.11 Å². The lowest BCUT2D eigenvalue weighted by Gasteiger charge is -2.35. The minimum atomic E-state index is -1.55. The first-order valence-electron chi connectivity index (χ1n) is 13.5. The van der Waals surface area contributed by atoms with Gasteiger partial charge < -0.3 is 19.3 Å². The second-order valence-electron chi connectivity index (χ2n) is 10.3. The number of hydrogen-bond donors (Lipinski definition) is 1. The number of methoxy groups -OCH3 is 1. The van der Waals surface area contributed by atoms with E-state index >= 15 is 0 Å². The van der Waals surface area contributed by atoms with Crippen LogP contribution in [0.1, 0.15) is 69.4 Å². The van der Waals surface area contributed by atoms with E-state index in [-0.39, 0.29) is 25.1 Å². The van der Waals surface area contributed by atoms with Crippen molar-refractivity contribution in [2.45, 2.75) is 77.6 Å². The molecule has 0 saturated heterocycles. The Morgan fingerprint density at radius 3 is 1.87 bits per heavy atom. The van der Waals surface area contributed by atoms with E-state index < -0.39 is 29.4 Å². The summed E-state index contributed by atoms with van der Waals surface area (Å²) < 4.78 is 16.1. The van der Waals surface area contributed by atoms with E-state index in [1.54, 1.807) is 6.92 Å². The quantitative estimate of drug-likeness (QED) is 0.153. The third-order valence-corrected chi connectivity index (χ3v) is 7.70. The van der Waals surface area contributed by atoms with Crippen LogP contribution < -0.4 is 0 Å². The van der Waals surface area contributed by atoms with Crippen LogP contribution in [0, 0.1) is 17.3 Å². The highest BCUT2D eigenvalue weighted by atomic mass is 16.6. The van der Waals surface area contributed by atoms with Crippen molar-refractivity contribution in [1.82, 2.24) is 0 Å². The van der Waals surface area contributed by atoms with E-state index in [0.29, 0.717) is 25.7 Å². The van der Waals surface area contributed by atoms with E-state index in [2.05, 4.69) is 4.74 Å². The van der Waals surface area contributed by atoms with E-state index in [1.807, 2.05) is 60.7 Å². The summed E-state index contributed by atoms with van der Waals surface area (Å²) in [6.45, 7) is 1.72. The van der Waals surface area contributed by atoms with Crippen molar-refractivity contribution in [3.8, 4) is 0 Å². The minimum absolute atomic E-state index is 0.0569. The molecule has 0 amide bonds. The molecule has 0 aromatic heterocycles. The van der Waals surface area contributed by atoms with Gasteiger partial charge in [0.05, 0.1) is 13.2 Å². The highest BCUT2D eigenvalue weighted by Crippen LogP contribution is 2.48. The van der Waals surface area contributed by atoms with Gasteiger partial charge in [0.1, 0.15) is 13.2 Å². The molecule has 1 fully saturated rings. The second kappa shape index (κ2) is 14.7. The van der Waals surface area contributed by atoms with Crippen molar-refractivity contribution in [2.24, 2.45) is 17.3 Å². The fraction of sp³-hybridized carbons (Fsp3) is 0.516. The van der Waals surface area contributed by atoms with Crippen molar-refractivity contribution < 1.29 is 33.7 Å². The van der Waals surface area contributed by atoms with Crippen LogP contribution in [0.4, 0.5) is 0 Å². The van der Waals surface area contributed by atoms with Crippen LogP contribution in [-0.4, -0.2) is 36.2 Å². The molecule has 2 aromatic carbocycles. The summed E-state index contributed by atoms with van der Waals surface area (Å²) in [4.78, 5) is 38.5. The zero-order valence-electron chi connectivity index (χ0n) is 22.5. The van der Waals surface area contributed by atoms with Gasteiger partial charge in [0.2, 0.25) is 0 Å². The molecule has 38 heavy (non-hydrogen) atoms. The molecule has 1 saturated carbocycles. The van der Waals surface area contributed by atoms with Crippen LogP contribution in [0.3, 0.4) is 0 Å². The lowest BCUT2D eigenvalue weighted by atomic mass is 9.70. The summed E-state index contributed by atoms with van der Waals surface area (Å²) in [5, 5.41) is 10.8. The molecule has 7 heteroatoms. The number of hydrogen-bond acceptors (Lipinski definition) is 7. The molecule has 7 nitrogen and oxygen atoms in total. The number of ether oxygens (including phenoxy) is 3. The molecule has 0 aliphatic heterocycles. The molecule has 1 N–H and O–H groups in total. The van der Waals surface area contributed by atoms with Crippen LogP contribution in [0.5, 0.6) is 0 Å². The summed E-state index contributed by atoms with van der Waals surface area (Å²) in [5.74, 6) is -2.09. The molecule has 3 rings (SSSR count). The number of aliphatic hydroxyl groups is 1. The molecule has 0 bridgehead atoms. The molecule has 2 aromatic rings. The van der Waals surface area contributed by atoms with Crippen molar-refractivity contribution >= 4 is 17.9 Å². The Morgan fingerprint density at radius 2 is 1.34 bits per heavy atom. The van der Waals surface area contributed by atoms with Gasteiger partial charge in [-0.3, -0.25) is 14.4 Å². The summed E-state index contributed by atoms with van der Waals surface area (Å²) >= 11 is 0. The molecule has 0 unspecified atom stereocenters. The van der Waals surface area contributed by atoms with Crippen LogP contribution in [0.15, 0.2) is 60.7 Å². The first-order chi connectivity index (χ1) is 18.4. The zero-order valence-corrected chi connectivity index (χ0v) is 22.5. The van der Waals surface area contributed by atoms with Gasteiger partial charge in [-0.1, -0.05) is 79.9 Å². The topological polar surface area (TPSA) is 99.1 Å². The number of esters is 3. The maximum atomic E-state index is 13.6. The Kier molecular flexibility index (Phi) is 11.3. The Balaban J connectivity index is 1.70. The van der Waals surface area contributed by atoms with Crippen LogP contribution in [0.25, 0.3) is 0 Å². The van der Waals surface area contributed by atoms with Crippen LogP contribution in [0.2, 0.25) is 0 Å². The average molecular weight is 525 g/mol. The van der Waals surface area contributed by atoms with Gasteiger partial charge in [-0.05, 0) is 55.6 Å². The monoisotopic (exact) mass is 524 g/mol. The average Bonchev–Trinajstić information content (AvgIpc) is 3.32. The summed E-state index contributed by atoms with van der Waals surface area (Å²) in [5.41, 5.74) is 0.114. The number of rotatable bonds is 14. The van der Waals surface area contributed by atoms with Gasteiger partial charge in [-0.15, -0.1) is 0 Å². The summed E-state index contributed by atoms with van der Waals surface area (Å²) in [7, 11) is 1.39. The van der Waals surface area contributed by atoms with Gasteiger partial charge in [0, 0.05) is 6.42 Å². The number of unbranched alkanes of at least 4 members (excludes halogenated alkanes) is 3. The van der Waals surface area contributed by atoms with Crippen molar-refractivity contribution in [1.29, 1.82) is 0 Å². The molecular formula is C31H40O7. The molecule has 1 aliphatic carbocycles. The highest BCUT2D eigenvalue weighted by molar-refractivity contribution is 6.00. The first-order valence-corrected chi connectivity index (χ1v) is 13.5. The third kappa shape index (κ3) is 7.90. The summed E-state index contributed by atoms with van der Waals surface area (Å²) in [6, 6.07) is 18.7. The van der Waals surface area contributed by atoms with Gasteiger partial charge >= 0.3 is 17.9 Å². The Hall–Kier alpha value is -3.19. The van der Waals surface area contributed by atoms with E-state index in [4.69, 9.17) is 9.47 Å². The highest BCUT2D eigenvalue weighted by Gasteiger charge is 2.56. The van der Waals surface area contributed by atoms with Gasteiger partial charge in [0.25, 0.3) is 0 Å². The predicted molar refractivity (Wildman–Crippen MR) is 143 cm³/mol. The second-order valence-corrected chi connectivity index (χ2v) is 10.3. The molecule has 0 spiro atoms. The van der Waals surface area contributed by atoms with Gasteiger partial charge in [-0.25, -0.2) is 0 Å². The standard InChI is InChI=1S/C31H40O7/c1-31(29(34)37-21-23-13-7-5-8-14-23,30(35)38-22-24-15-9-6-10-16-24)26-19-20-27(32)25(26)17-11-3-4-12-18-28(33)36-2/h5-10,13-16,25-27,32H,3-4,11-12,17-22H2,1-2H3/t25-,26+,27+/m1/s1. The lowest BCUT2D eigenvalue weighted by Crippen LogP contribution is -2.47. The van der Waals surface area contributed by atoms with E-state index in [1.165, 1.54) is 7.11 Å². The molecule has 3 atom stereocenters. The largest absolute Gasteiger partial charge is 0.469 e. The van der Waals surface area contributed by atoms with E-state index in [0.717, 1.165) is 36.8 Å². The molecule has 1 aliphatic rings. The number of carbonyl (C=O) groups excluding carboxylic acids is 3. The van der Waals surface area contributed by atoms with Crippen LogP contribution >= 0.6 is 0 Å². The van der Waals surface area contributed by atoms with Crippen LogP contribution in [-0.2, 0) is 41.8 Å². The molecule has 0 heterocycles. The maximum absolute atomic E-state index is 13.6. The maximum Gasteiger partial charge on any atom is 0.323 e. The summed E-state index contributed by atoms with van der Waals surface area (Å²) in [6.07, 6.45) is 4.86. The van der Waals surface area contributed by atoms with Gasteiger partial charge in [0.15, 0.2) is 5.41 Å². The number of benzene rings is 2. The van der Waals surface area contributed by atoms with Crippen molar-refractivity contribution in [3.63, 3.8) is 0 Å². The Morgan fingerprint density at radius 1 is 0.816 bits per heavy atom. The Labute approximate surface area is 225 Å². The molecule has 0 radical (unpaired) electrons. The number of aliphatic hydroxyl groups excluding tert-OH is 1. The fourth-order valence-corrected chi connectivity index (χ4v) is 5.39. The van der Waals surface area contributed by atoms with Gasteiger partial charge in [-0.2, -0.15) is 0 Å². The zero-order chi connectivity index (χ0) is 27.4. The van der Waals surface area contributed by atoms with Crippen molar-refractivity contribution in [3.05, 3.63) is 71.8 Å². The first kappa shape index (κ1) is 29.4. The minimum Gasteiger partial charge on any atom is -0.469 e. The lowest BCUT2D eigenvalue weighted by molar-refractivity contribution is -0.179. The SMILES string of the molecule is COC(=O)CCCCCC[C@H]1[C@@H](O)CC[C@@H]1C(C)(C(=O)OCc1ccccc1)C(=O)OCc1ccccc1. The van der Waals surface area contributed by atoms with E-state index in [9.17, 15) is 19.5 Å².